The third kappa shape index (κ3) is 4.26. The molecule has 0 aliphatic rings. The monoisotopic (exact) mass is 381 g/mol. The molecule has 26 heavy (non-hydrogen) atoms. The lowest BCUT2D eigenvalue weighted by molar-refractivity contribution is -0.137. The second-order valence-electron chi connectivity index (χ2n) is 5.59. The number of hydrogen-bond acceptors (Lipinski definition) is 5. The fourth-order valence-corrected chi connectivity index (χ4v) is 2.98. The lowest BCUT2D eigenvalue weighted by atomic mass is 10.1. The molecule has 2 heterocycles. The van der Waals surface area contributed by atoms with Crippen molar-refractivity contribution in [1.82, 2.24) is 24.9 Å². The summed E-state index contributed by atoms with van der Waals surface area (Å²) in [5, 5.41) is 10.3. The molecule has 0 radical (unpaired) electrons. The fraction of sp³-hybridized carbons (Fsp3) is 0.250. The number of carbonyl (C=O) groups excluding carboxylic acids is 1. The number of rotatable bonds is 5. The van der Waals surface area contributed by atoms with Gasteiger partial charge in [-0.05, 0) is 17.7 Å². The lowest BCUT2D eigenvalue weighted by Crippen LogP contribution is -2.26. The van der Waals surface area contributed by atoms with Gasteiger partial charge in [0.05, 0.1) is 24.8 Å². The van der Waals surface area contributed by atoms with E-state index in [1.807, 2.05) is 5.38 Å². The molecule has 0 saturated carbocycles. The molecule has 6 nitrogen and oxygen atoms in total. The first-order valence-corrected chi connectivity index (χ1v) is 8.41. The Morgan fingerprint density at radius 1 is 1.35 bits per heavy atom. The minimum atomic E-state index is -4.40. The molecule has 1 amide bonds. The van der Waals surface area contributed by atoms with Crippen LogP contribution in [0, 0.1) is 0 Å². The van der Waals surface area contributed by atoms with E-state index in [0.717, 1.165) is 17.1 Å². The predicted molar refractivity (Wildman–Crippen MR) is 88.5 cm³/mol. The topological polar surface area (TPSA) is 63.9 Å². The molecule has 0 aliphatic carbocycles. The number of carbonyl (C=O) groups is 1. The van der Waals surface area contributed by atoms with E-state index in [2.05, 4.69) is 15.3 Å². The van der Waals surface area contributed by atoms with Gasteiger partial charge in [-0.1, -0.05) is 17.3 Å². The van der Waals surface area contributed by atoms with Crippen molar-refractivity contribution in [1.29, 1.82) is 0 Å². The molecule has 0 bridgehead atoms. The third-order valence-corrected chi connectivity index (χ3v) is 4.32. The van der Waals surface area contributed by atoms with Gasteiger partial charge in [-0.15, -0.1) is 16.4 Å². The van der Waals surface area contributed by atoms with Crippen molar-refractivity contribution in [3.05, 3.63) is 63.9 Å². The Morgan fingerprint density at radius 2 is 2.15 bits per heavy atom. The minimum absolute atomic E-state index is 0.0837. The van der Waals surface area contributed by atoms with Crippen molar-refractivity contribution in [2.45, 2.75) is 19.3 Å². The zero-order valence-corrected chi connectivity index (χ0v) is 14.5. The predicted octanol–water partition coefficient (Wildman–Crippen LogP) is 3.07. The summed E-state index contributed by atoms with van der Waals surface area (Å²) in [4.78, 5) is 17.9. The molecule has 0 unspecified atom stereocenters. The Labute approximate surface area is 150 Å². The molecule has 3 rings (SSSR count). The van der Waals surface area contributed by atoms with E-state index in [-0.39, 0.29) is 18.1 Å². The van der Waals surface area contributed by atoms with E-state index < -0.39 is 11.7 Å². The van der Waals surface area contributed by atoms with E-state index in [1.54, 1.807) is 19.3 Å². The first-order valence-electron chi connectivity index (χ1n) is 7.53. The Balaban J connectivity index is 1.69. The molecular formula is C16H14F3N5OS. The van der Waals surface area contributed by atoms with Gasteiger partial charge in [0.25, 0.3) is 5.91 Å². The maximum Gasteiger partial charge on any atom is 0.416 e. The first-order chi connectivity index (χ1) is 12.3. The van der Waals surface area contributed by atoms with Gasteiger partial charge >= 0.3 is 6.18 Å². The number of halogens is 3. The minimum Gasteiger partial charge on any atom is -0.334 e. The van der Waals surface area contributed by atoms with E-state index in [1.165, 1.54) is 33.2 Å². The fourth-order valence-electron chi connectivity index (χ4n) is 2.31. The zero-order chi connectivity index (χ0) is 18.7. The molecule has 10 heteroatoms. The van der Waals surface area contributed by atoms with E-state index in [9.17, 15) is 18.0 Å². The van der Waals surface area contributed by atoms with Crippen LogP contribution in [0.1, 0.15) is 26.6 Å². The molecule has 3 aromatic rings. The van der Waals surface area contributed by atoms with Crippen molar-refractivity contribution in [3.63, 3.8) is 0 Å². The highest BCUT2D eigenvalue weighted by Crippen LogP contribution is 2.29. The quantitative estimate of drug-likeness (QED) is 0.681. The molecule has 0 aliphatic heterocycles. The van der Waals surface area contributed by atoms with E-state index in [4.69, 9.17) is 0 Å². The van der Waals surface area contributed by atoms with Crippen LogP contribution in [0.2, 0.25) is 0 Å². The zero-order valence-electron chi connectivity index (χ0n) is 13.6. The second kappa shape index (κ2) is 7.24. The van der Waals surface area contributed by atoms with Gasteiger partial charge in [0.15, 0.2) is 5.69 Å². The van der Waals surface area contributed by atoms with Crippen LogP contribution in [0.15, 0.2) is 42.0 Å². The molecule has 0 spiro atoms. The number of hydrogen-bond donors (Lipinski definition) is 0. The molecule has 0 saturated heterocycles. The molecule has 0 N–H and O–H groups in total. The largest absolute Gasteiger partial charge is 0.416 e. The van der Waals surface area contributed by atoms with Crippen LogP contribution in [-0.4, -0.2) is 37.8 Å². The highest BCUT2D eigenvalue weighted by atomic mass is 32.1. The molecular weight excluding hydrogens is 367 g/mol. The average Bonchev–Trinajstić information content (AvgIpc) is 3.25. The van der Waals surface area contributed by atoms with Gasteiger partial charge in [0.2, 0.25) is 0 Å². The smallest absolute Gasteiger partial charge is 0.334 e. The van der Waals surface area contributed by atoms with Gasteiger partial charge < -0.3 is 4.90 Å². The Bertz CT molecular complexity index is 891. The summed E-state index contributed by atoms with van der Waals surface area (Å²) in [5.41, 5.74) is -0.189. The molecule has 2 aromatic heterocycles. The van der Waals surface area contributed by atoms with E-state index in [0.29, 0.717) is 12.1 Å². The van der Waals surface area contributed by atoms with Crippen molar-refractivity contribution in [2.75, 3.05) is 7.05 Å². The number of alkyl halides is 3. The van der Waals surface area contributed by atoms with Crippen LogP contribution in [0.25, 0.3) is 0 Å². The standard InChI is InChI=1S/C16H14F3N5OS/c1-23(10-14-20-5-6-26-14)15(25)13-9-24(22-21-13)8-11-3-2-4-12(7-11)16(17,18)19/h2-7,9H,8,10H2,1H3. The Morgan fingerprint density at radius 3 is 2.85 bits per heavy atom. The number of benzene rings is 1. The van der Waals surface area contributed by atoms with Gasteiger partial charge in [-0.3, -0.25) is 4.79 Å². The second-order valence-corrected chi connectivity index (χ2v) is 6.57. The van der Waals surface area contributed by atoms with Crippen LogP contribution in [-0.2, 0) is 19.3 Å². The van der Waals surface area contributed by atoms with Crippen LogP contribution in [0.4, 0.5) is 13.2 Å². The van der Waals surface area contributed by atoms with Gasteiger partial charge in [0, 0.05) is 18.6 Å². The van der Waals surface area contributed by atoms with Crippen molar-refractivity contribution >= 4 is 17.2 Å². The number of aromatic nitrogens is 4. The highest BCUT2D eigenvalue weighted by molar-refractivity contribution is 7.09. The Kier molecular flexibility index (Phi) is 5.03. The Hall–Kier alpha value is -2.75. The molecule has 136 valence electrons. The first kappa shape index (κ1) is 18.1. The van der Waals surface area contributed by atoms with Crippen LogP contribution >= 0.6 is 11.3 Å². The lowest BCUT2D eigenvalue weighted by Gasteiger charge is -2.13. The van der Waals surface area contributed by atoms with Crippen LogP contribution in [0.5, 0.6) is 0 Å². The van der Waals surface area contributed by atoms with Gasteiger partial charge in [0.1, 0.15) is 5.01 Å². The average molecular weight is 381 g/mol. The SMILES string of the molecule is CN(Cc1nccs1)C(=O)c1cn(Cc2cccc(C(F)(F)F)c2)nn1. The number of thiazole rings is 1. The van der Waals surface area contributed by atoms with Crippen molar-refractivity contribution < 1.29 is 18.0 Å². The summed E-state index contributed by atoms with van der Waals surface area (Å²) >= 11 is 1.44. The van der Waals surface area contributed by atoms with Gasteiger partial charge in [-0.25, -0.2) is 9.67 Å². The normalized spacial score (nSPS) is 11.5. The number of amides is 1. The maximum atomic E-state index is 12.8. The van der Waals surface area contributed by atoms with Crippen molar-refractivity contribution in [3.8, 4) is 0 Å². The summed E-state index contributed by atoms with van der Waals surface area (Å²) in [6.07, 6.45) is -1.33. The summed E-state index contributed by atoms with van der Waals surface area (Å²) in [7, 11) is 1.62. The van der Waals surface area contributed by atoms with Crippen LogP contribution < -0.4 is 0 Å². The highest BCUT2D eigenvalue weighted by Gasteiger charge is 2.30. The maximum absolute atomic E-state index is 12.8. The van der Waals surface area contributed by atoms with Gasteiger partial charge in [-0.2, -0.15) is 13.2 Å². The summed E-state index contributed by atoms with van der Waals surface area (Å²) < 4.78 is 39.6. The molecule has 0 fully saturated rings. The summed E-state index contributed by atoms with van der Waals surface area (Å²) in [6, 6.07) is 4.96. The molecule has 1 aromatic carbocycles. The number of nitrogens with zero attached hydrogens (tertiary/aromatic N) is 5. The third-order valence-electron chi connectivity index (χ3n) is 3.56. The summed E-state index contributed by atoms with van der Waals surface area (Å²) in [5.74, 6) is -0.338. The van der Waals surface area contributed by atoms with E-state index >= 15 is 0 Å². The summed E-state index contributed by atoms with van der Waals surface area (Å²) in [6.45, 7) is 0.428. The van der Waals surface area contributed by atoms with Crippen LogP contribution in [0.3, 0.4) is 0 Å². The molecule has 0 atom stereocenters. The van der Waals surface area contributed by atoms with Crippen molar-refractivity contribution in [2.24, 2.45) is 0 Å².